The third kappa shape index (κ3) is 2.24. The molecule has 92 valence electrons. The number of aromatic nitrogens is 1. The highest BCUT2D eigenvalue weighted by Gasteiger charge is 2.13. The Morgan fingerprint density at radius 3 is 2.76 bits per heavy atom. The van der Waals surface area contributed by atoms with Crippen molar-refractivity contribution in [1.29, 1.82) is 0 Å². The van der Waals surface area contributed by atoms with Gasteiger partial charge in [-0.15, -0.1) is 0 Å². The molecule has 0 fully saturated rings. The lowest BCUT2D eigenvalue weighted by Gasteiger charge is -2.07. The molecule has 1 aromatic heterocycles. The summed E-state index contributed by atoms with van der Waals surface area (Å²) in [6, 6.07) is 3.57. The van der Waals surface area contributed by atoms with Gasteiger partial charge in [0.15, 0.2) is 5.58 Å². The third-order valence-corrected chi connectivity index (χ3v) is 3.11. The predicted molar refractivity (Wildman–Crippen MR) is 69.6 cm³/mol. The molecule has 0 aliphatic heterocycles. The fourth-order valence-electron chi connectivity index (χ4n) is 1.76. The van der Waals surface area contributed by atoms with Crippen LogP contribution < -0.4 is 10.5 Å². The van der Waals surface area contributed by atoms with Crippen molar-refractivity contribution in [2.24, 2.45) is 5.92 Å². The van der Waals surface area contributed by atoms with Gasteiger partial charge in [-0.2, -0.15) is 0 Å². The van der Waals surface area contributed by atoms with Crippen LogP contribution in [0.15, 0.2) is 25.8 Å². The molecule has 5 heteroatoms. The molecule has 0 unspecified atom stereocenters. The third-order valence-electron chi connectivity index (χ3n) is 2.49. The number of halogens is 1. The summed E-state index contributed by atoms with van der Waals surface area (Å²) in [5.74, 6) is 0.743. The summed E-state index contributed by atoms with van der Waals surface area (Å²) >= 11 is 3.37. The molecule has 0 atom stereocenters. The number of rotatable bonds is 3. The van der Waals surface area contributed by atoms with E-state index in [0.717, 1.165) is 9.99 Å². The lowest BCUT2D eigenvalue weighted by molar-refractivity contribution is 0.412. The van der Waals surface area contributed by atoms with Crippen LogP contribution in [-0.4, -0.2) is 11.7 Å². The number of hydrogen-bond acceptors (Lipinski definition) is 3. The largest absolute Gasteiger partial charge is 0.495 e. The molecule has 2 aromatic rings. The summed E-state index contributed by atoms with van der Waals surface area (Å²) < 4.78 is 12.8. The van der Waals surface area contributed by atoms with Crippen LogP contribution >= 0.6 is 15.9 Å². The molecule has 0 N–H and O–H groups in total. The maximum absolute atomic E-state index is 11.7. The van der Waals surface area contributed by atoms with Gasteiger partial charge in [0.25, 0.3) is 0 Å². The molecule has 4 nitrogen and oxygen atoms in total. The summed E-state index contributed by atoms with van der Waals surface area (Å²) in [4.78, 5) is 11.7. The first-order valence-electron chi connectivity index (χ1n) is 5.39. The average Bonchev–Trinajstić information content (AvgIpc) is 2.53. The van der Waals surface area contributed by atoms with E-state index in [9.17, 15) is 4.79 Å². The number of benzene rings is 1. The van der Waals surface area contributed by atoms with Gasteiger partial charge in [-0.1, -0.05) is 13.8 Å². The lowest BCUT2D eigenvalue weighted by atomic mass is 10.2. The summed E-state index contributed by atoms with van der Waals surface area (Å²) in [7, 11) is 1.59. The van der Waals surface area contributed by atoms with Crippen LogP contribution in [0.4, 0.5) is 0 Å². The first-order valence-corrected chi connectivity index (χ1v) is 6.19. The summed E-state index contributed by atoms with van der Waals surface area (Å²) in [5.41, 5.74) is 1.34. The van der Waals surface area contributed by atoms with Crippen LogP contribution in [0.3, 0.4) is 0 Å². The molecule has 0 bridgehead atoms. The minimum absolute atomic E-state index is 0.325. The lowest BCUT2D eigenvalue weighted by Crippen LogP contribution is -2.17. The molecule has 17 heavy (non-hydrogen) atoms. The van der Waals surface area contributed by atoms with Gasteiger partial charge in [-0.25, -0.2) is 4.79 Å². The maximum Gasteiger partial charge on any atom is 0.419 e. The molecule has 0 saturated carbocycles. The first-order chi connectivity index (χ1) is 8.02. The average molecular weight is 300 g/mol. The fourth-order valence-corrected chi connectivity index (χ4v) is 2.24. The molecule has 0 spiro atoms. The Morgan fingerprint density at radius 1 is 1.47 bits per heavy atom. The van der Waals surface area contributed by atoms with Crippen molar-refractivity contribution in [2.45, 2.75) is 20.4 Å². The monoisotopic (exact) mass is 299 g/mol. The molecule has 0 aliphatic carbocycles. The van der Waals surface area contributed by atoms with Crippen molar-refractivity contribution in [3.05, 3.63) is 27.2 Å². The van der Waals surface area contributed by atoms with Gasteiger partial charge in [0.2, 0.25) is 0 Å². The highest BCUT2D eigenvalue weighted by Crippen LogP contribution is 2.30. The molecule has 1 aromatic carbocycles. The fraction of sp³-hybridized carbons (Fsp3) is 0.417. The highest BCUT2D eigenvalue weighted by atomic mass is 79.9. The molecule has 2 rings (SSSR count). The van der Waals surface area contributed by atoms with Crippen molar-refractivity contribution in [1.82, 2.24) is 4.57 Å². The molecule has 0 saturated heterocycles. The number of ether oxygens (including phenoxy) is 1. The van der Waals surface area contributed by atoms with E-state index < -0.39 is 0 Å². The topological polar surface area (TPSA) is 44.4 Å². The van der Waals surface area contributed by atoms with Gasteiger partial charge in [-0.3, -0.25) is 4.57 Å². The Labute approximate surface area is 107 Å². The van der Waals surface area contributed by atoms with E-state index in [1.165, 1.54) is 0 Å². The Bertz CT molecular complexity index is 598. The van der Waals surface area contributed by atoms with E-state index >= 15 is 0 Å². The van der Waals surface area contributed by atoms with Crippen molar-refractivity contribution in [2.75, 3.05) is 7.11 Å². The minimum Gasteiger partial charge on any atom is -0.495 e. The molecule has 0 radical (unpaired) electrons. The van der Waals surface area contributed by atoms with Gasteiger partial charge < -0.3 is 9.15 Å². The minimum atomic E-state index is -0.325. The molecule has 1 heterocycles. The molecule has 0 aliphatic rings. The Morgan fingerprint density at radius 2 is 2.18 bits per heavy atom. The van der Waals surface area contributed by atoms with Crippen molar-refractivity contribution >= 4 is 27.0 Å². The van der Waals surface area contributed by atoms with E-state index in [0.29, 0.717) is 23.8 Å². The van der Waals surface area contributed by atoms with Crippen molar-refractivity contribution < 1.29 is 9.15 Å². The van der Waals surface area contributed by atoms with E-state index in [1.807, 2.05) is 6.07 Å². The smallest absolute Gasteiger partial charge is 0.419 e. The SMILES string of the molecule is COc1cc2c(cc1Br)oc(=O)n2CC(C)C. The summed E-state index contributed by atoms with van der Waals surface area (Å²) in [6.45, 7) is 4.75. The molecular weight excluding hydrogens is 286 g/mol. The van der Waals surface area contributed by atoms with E-state index in [-0.39, 0.29) is 5.76 Å². The van der Waals surface area contributed by atoms with Crippen LogP contribution in [0.1, 0.15) is 13.8 Å². The number of fused-ring (bicyclic) bond motifs is 1. The van der Waals surface area contributed by atoms with E-state index in [1.54, 1.807) is 17.7 Å². The quantitative estimate of drug-likeness (QED) is 0.875. The first kappa shape index (κ1) is 12.2. The Balaban J connectivity index is 2.67. The normalized spacial score (nSPS) is 11.4. The number of hydrogen-bond donors (Lipinski definition) is 0. The second-order valence-corrected chi connectivity index (χ2v) is 5.18. The van der Waals surface area contributed by atoms with Gasteiger partial charge >= 0.3 is 5.76 Å². The molecular formula is C12H14BrNO3. The number of oxazole rings is 1. The van der Waals surface area contributed by atoms with Gasteiger partial charge in [0.05, 0.1) is 17.1 Å². The zero-order valence-corrected chi connectivity index (χ0v) is 11.6. The van der Waals surface area contributed by atoms with Crippen LogP contribution in [0.5, 0.6) is 5.75 Å². The zero-order chi connectivity index (χ0) is 12.6. The van der Waals surface area contributed by atoms with Crippen LogP contribution in [-0.2, 0) is 6.54 Å². The van der Waals surface area contributed by atoms with Crippen molar-refractivity contribution in [3.8, 4) is 5.75 Å². The Kier molecular flexibility index (Phi) is 3.28. The molecule has 0 amide bonds. The predicted octanol–water partition coefficient (Wildman–Crippen LogP) is 3.02. The maximum atomic E-state index is 11.7. The standard InChI is InChI=1S/C12H14BrNO3/c1-7(2)6-14-9-5-10(16-3)8(13)4-11(9)17-12(14)15/h4-5,7H,6H2,1-3H3. The number of methoxy groups -OCH3 is 1. The van der Waals surface area contributed by atoms with Gasteiger partial charge in [-0.05, 0) is 21.8 Å². The summed E-state index contributed by atoms with van der Waals surface area (Å²) in [5, 5.41) is 0. The van der Waals surface area contributed by atoms with Crippen LogP contribution in [0.25, 0.3) is 11.1 Å². The van der Waals surface area contributed by atoms with Gasteiger partial charge in [0, 0.05) is 18.7 Å². The number of nitrogens with zero attached hydrogens (tertiary/aromatic N) is 1. The van der Waals surface area contributed by atoms with E-state index in [2.05, 4.69) is 29.8 Å². The zero-order valence-electron chi connectivity index (χ0n) is 9.99. The Hall–Kier alpha value is -1.23. The highest BCUT2D eigenvalue weighted by molar-refractivity contribution is 9.10. The summed E-state index contributed by atoms with van der Waals surface area (Å²) in [6.07, 6.45) is 0. The second-order valence-electron chi connectivity index (χ2n) is 4.33. The van der Waals surface area contributed by atoms with E-state index in [4.69, 9.17) is 9.15 Å². The van der Waals surface area contributed by atoms with Crippen LogP contribution in [0.2, 0.25) is 0 Å². The second kappa shape index (κ2) is 4.56. The van der Waals surface area contributed by atoms with Crippen molar-refractivity contribution in [3.63, 3.8) is 0 Å². The van der Waals surface area contributed by atoms with Crippen LogP contribution in [0, 0.1) is 5.92 Å². The van der Waals surface area contributed by atoms with Gasteiger partial charge in [0.1, 0.15) is 5.75 Å².